The van der Waals surface area contributed by atoms with Gasteiger partial charge in [-0.3, -0.25) is 15.4 Å². The van der Waals surface area contributed by atoms with E-state index < -0.39 is 22.6 Å². The molecule has 0 atom stereocenters. The predicted molar refractivity (Wildman–Crippen MR) is 103 cm³/mol. The van der Waals surface area contributed by atoms with Crippen LogP contribution in [0.3, 0.4) is 0 Å². The van der Waals surface area contributed by atoms with Gasteiger partial charge in [0.25, 0.3) is 0 Å². The van der Waals surface area contributed by atoms with Gasteiger partial charge >= 0.3 is 17.7 Å². The molecule has 3 N–H and O–H groups in total. The fraction of sp³-hybridized carbons (Fsp3) is 0.375. The Balaban J connectivity index is 0.000000330. The highest BCUT2D eigenvalue weighted by Crippen LogP contribution is 2.18. The first-order valence-corrected chi connectivity index (χ1v) is 8.89. The zero-order chi connectivity index (χ0) is 21.3. The van der Waals surface area contributed by atoms with E-state index in [1.165, 1.54) is 23.7 Å². The van der Waals surface area contributed by atoms with Crippen molar-refractivity contribution in [1.82, 2.24) is 9.97 Å². The van der Waals surface area contributed by atoms with Crippen molar-refractivity contribution < 1.29 is 24.0 Å². The van der Waals surface area contributed by atoms with Crippen LogP contribution in [0.15, 0.2) is 23.7 Å². The molecule has 0 radical (unpaired) electrons. The summed E-state index contributed by atoms with van der Waals surface area (Å²) in [6, 6.07) is 2.77. The minimum absolute atomic E-state index is 0.0486. The van der Waals surface area contributed by atoms with E-state index in [-0.39, 0.29) is 23.8 Å². The molecule has 0 unspecified atom stereocenters. The number of nitrogens with two attached hydrogens (primary N) is 1. The average molecular weight is 411 g/mol. The SMILES string of the molecule is CCOC(=O)c1csc(NC(=O)OC(C)(C)C)n1.Nc1ncccc1[N+](=O)[O-]. The Kier molecular flexibility index (Phi) is 8.26. The molecule has 0 spiro atoms. The molecule has 28 heavy (non-hydrogen) atoms. The Morgan fingerprint density at radius 3 is 2.57 bits per heavy atom. The van der Waals surface area contributed by atoms with Gasteiger partial charge in [0.2, 0.25) is 5.82 Å². The Morgan fingerprint density at radius 2 is 2.07 bits per heavy atom. The van der Waals surface area contributed by atoms with Crippen molar-refractivity contribution in [2.75, 3.05) is 17.7 Å². The summed E-state index contributed by atoms with van der Waals surface area (Å²) in [4.78, 5) is 39.8. The normalized spacial score (nSPS) is 10.3. The quantitative estimate of drug-likeness (QED) is 0.437. The molecule has 0 fully saturated rings. The van der Waals surface area contributed by atoms with Gasteiger partial charge in [0.1, 0.15) is 5.60 Å². The highest BCUT2D eigenvalue weighted by atomic mass is 32.1. The second-order valence-electron chi connectivity index (χ2n) is 6.05. The largest absolute Gasteiger partial charge is 0.461 e. The number of amides is 1. The van der Waals surface area contributed by atoms with Gasteiger partial charge in [0, 0.05) is 17.6 Å². The second kappa shape index (κ2) is 10.2. The van der Waals surface area contributed by atoms with E-state index in [0.29, 0.717) is 5.13 Å². The van der Waals surface area contributed by atoms with E-state index in [0.717, 1.165) is 11.3 Å². The molecule has 0 saturated carbocycles. The lowest BCUT2D eigenvalue weighted by Gasteiger charge is -2.18. The molecule has 0 aromatic carbocycles. The lowest BCUT2D eigenvalue weighted by atomic mass is 10.2. The average Bonchev–Trinajstić information content (AvgIpc) is 3.02. The molecule has 0 saturated heterocycles. The maximum Gasteiger partial charge on any atom is 0.413 e. The lowest BCUT2D eigenvalue weighted by molar-refractivity contribution is -0.384. The van der Waals surface area contributed by atoms with Gasteiger partial charge in [0.05, 0.1) is 11.5 Å². The summed E-state index contributed by atoms with van der Waals surface area (Å²) >= 11 is 1.13. The molecule has 0 bridgehead atoms. The summed E-state index contributed by atoms with van der Waals surface area (Å²) in [5, 5.41) is 14.4. The van der Waals surface area contributed by atoms with Gasteiger partial charge in [-0.1, -0.05) is 0 Å². The van der Waals surface area contributed by atoms with Crippen LogP contribution in [0.4, 0.5) is 21.4 Å². The third-order valence-electron chi connectivity index (χ3n) is 2.61. The van der Waals surface area contributed by atoms with Gasteiger partial charge in [-0.25, -0.2) is 19.6 Å². The fourth-order valence-corrected chi connectivity index (χ4v) is 2.25. The number of anilines is 2. The van der Waals surface area contributed by atoms with Gasteiger partial charge < -0.3 is 15.2 Å². The minimum atomic E-state index is -0.604. The maximum atomic E-state index is 11.5. The van der Waals surface area contributed by atoms with Crippen LogP contribution in [-0.4, -0.2) is 39.2 Å². The first-order valence-electron chi connectivity index (χ1n) is 8.01. The van der Waals surface area contributed by atoms with E-state index in [1.807, 2.05) is 0 Å². The van der Waals surface area contributed by atoms with Crippen LogP contribution in [0, 0.1) is 10.1 Å². The van der Waals surface area contributed by atoms with Crippen molar-refractivity contribution in [2.24, 2.45) is 0 Å². The molecule has 0 aliphatic rings. The number of carbonyl (C=O) groups excluding carboxylic acids is 2. The monoisotopic (exact) mass is 411 g/mol. The van der Waals surface area contributed by atoms with Crippen molar-refractivity contribution in [3.05, 3.63) is 39.5 Å². The van der Waals surface area contributed by atoms with Crippen LogP contribution in [0.5, 0.6) is 0 Å². The third-order valence-corrected chi connectivity index (χ3v) is 3.37. The van der Waals surface area contributed by atoms with Crippen LogP contribution < -0.4 is 11.1 Å². The third kappa shape index (κ3) is 7.95. The molecule has 152 valence electrons. The molecular weight excluding hydrogens is 390 g/mol. The van der Waals surface area contributed by atoms with E-state index in [4.69, 9.17) is 15.2 Å². The Hall–Kier alpha value is -3.28. The number of ether oxygens (including phenoxy) is 2. The number of rotatable bonds is 4. The minimum Gasteiger partial charge on any atom is -0.461 e. The van der Waals surface area contributed by atoms with Crippen LogP contribution in [0.1, 0.15) is 38.2 Å². The molecule has 11 nitrogen and oxygen atoms in total. The predicted octanol–water partition coefficient (Wildman–Crippen LogP) is 3.24. The summed E-state index contributed by atoms with van der Waals surface area (Å²) in [7, 11) is 0. The van der Waals surface area contributed by atoms with Gasteiger partial charge in [-0.15, -0.1) is 11.3 Å². The van der Waals surface area contributed by atoms with Gasteiger partial charge in [-0.05, 0) is 33.8 Å². The smallest absolute Gasteiger partial charge is 0.413 e. The first-order chi connectivity index (χ1) is 13.0. The molecule has 2 heterocycles. The van der Waals surface area contributed by atoms with Gasteiger partial charge in [0.15, 0.2) is 10.8 Å². The molecule has 0 aliphatic carbocycles. The fourth-order valence-electron chi connectivity index (χ4n) is 1.58. The van der Waals surface area contributed by atoms with Gasteiger partial charge in [-0.2, -0.15) is 0 Å². The molecular formula is C16H21N5O6S. The molecule has 0 aliphatic heterocycles. The number of nitrogens with one attached hydrogen (secondary N) is 1. The number of esters is 1. The Bertz CT molecular complexity index is 833. The van der Waals surface area contributed by atoms with Crippen LogP contribution >= 0.6 is 11.3 Å². The summed E-state index contributed by atoms with van der Waals surface area (Å²) in [6.07, 6.45) is 0.801. The molecule has 2 aromatic heterocycles. The molecule has 12 heteroatoms. The number of aromatic nitrogens is 2. The Labute approximate surface area is 165 Å². The highest BCUT2D eigenvalue weighted by molar-refractivity contribution is 7.14. The van der Waals surface area contributed by atoms with Crippen molar-refractivity contribution in [3.8, 4) is 0 Å². The van der Waals surface area contributed by atoms with Crippen LogP contribution in [0.2, 0.25) is 0 Å². The van der Waals surface area contributed by atoms with E-state index in [9.17, 15) is 19.7 Å². The number of carbonyl (C=O) groups is 2. The maximum absolute atomic E-state index is 11.5. The zero-order valence-electron chi connectivity index (χ0n) is 15.8. The molecule has 2 rings (SSSR count). The summed E-state index contributed by atoms with van der Waals surface area (Å²) < 4.78 is 9.85. The number of nitro groups is 1. The number of nitrogen functional groups attached to an aromatic ring is 1. The van der Waals surface area contributed by atoms with Crippen molar-refractivity contribution in [3.63, 3.8) is 0 Å². The number of pyridine rings is 1. The first kappa shape index (κ1) is 22.8. The Morgan fingerprint density at radius 1 is 1.39 bits per heavy atom. The summed E-state index contributed by atoms with van der Waals surface area (Å²) in [5.74, 6) is -0.557. The van der Waals surface area contributed by atoms with Crippen LogP contribution in [-0.2, 0) is 9.47 Å². The number of nitrogens with zero attached hydrogens (tertiary/aromatic N) is 3. The van der Waals surface area contributed by atoms with E-state index in [2.05, 4.69) is 15.3 Å². The number of hydrogen-bond donors (Lipinski definition) is 2. The number of thiazole rings is 1. The van der Waals surface area contributed by atoms with E-state index >= 15 is 0 Å². The lowest BCUT2D eigenvalue weighted by Crippen LogP contribution is -2.27. The number of hydrogen-bond acceptors (Lipinski definition) is 10. The topological polar surface area (TPSA) is 160 Å². The van der Waals surface area contributed by atoms with Crippen molar-refractivity contribution in [1.29, 1.82) is 0 Å². The van der Waals surface area contributed by atoms with Crippen LogP contribution in [0.25, 0.3) is 0 Å². The highest BCUT2D eigenvalue weighted by Gasteiger charge is 2.18. The summed E-state index contributed by atoms with van der Waals surface area (Å²) in [6.45, 7) is 7.28. The van der Waals surface area contributed by atoms with Crippen molar-refractivity contribution in [2.45, 2.75) is 33.3 Å². The molecule has 1 amide bonds. The second-order valence-corrected chi connectivity index (χ2v) is 6.91. The standard InChI is InChI=1S/C11H16N2O4S.C5H5N3O2/c1-5-16-8(14)7-6-18-9(12-7)13-10(15)17-11(2,3)4;6-5-4(8(9)10)2-1-3-7-5/h6H,5H2,1-4H3,(H,12,13,15);1-3H,(H2,6,7). The molecule has 2 aromatic rings. The zero-order valence-corrected chi connectivity index (χ0v) is 16.6. The van der Waals surface area contributed by atoms with E-state index in [1.54, 1.807) is 27.7 Å². The summed E-state index contributed by atoms with van der Waals surface area (Å²) in [5.41, 5.74) is 4.61. The van der Waals surface area contributed by atoms with Crippen molar-refractivity contribution >= 4 is 40.0 Å².